The van der Waals surface area contributed by atoms with Gasteiger partial charge in [0.2, 0.25) is 0 Å². The van der Waals surface area contributed by atoms with E-state index in [4.69, 9.17) is 27.9 Å². The monoisotopic (exact) mass is 325 g/mol. The predicted molar refractivity (Wildman–Crippen MR) is 87.6 cm³/mol. The number of aliphatic hydroxyl groups is 1. The molecular formula is C16H17Cl2NO2. The summed E-state index contributed by atoms with van der Waals surface area (Å²) < 4.78 is 5.54. The van der Waals surface area contributed by atoms with Crippen LogP contribution in [0.2, 0.25) is 10.0 Å². The molecule has 2 aromatic rings. The summed E-state index contributed by atoms with van der Waals surface area (Å²) in [7, 11) is 0. The summed E-state index contributed by atoms with van der Waals surface area (Å²) in [6.45, 7) is 2.52. The molecule has 0 amide bonds. The zero-order chi connectivity index (χ0) is 15.2. The molecule has 0 bridgehead atoms. The third-order valence-electron chi connectivity index (χ3n) is 2.91. The van der Waals surface area contributed by atoms with Crippen LogP contribution in [0.1, 0.15) is 5.56 Å². The minimum atomic E-state index is -0.652. The van der Waals surface area contributed by atoms with Crippen LogP contribution in [0.25, 0.3) is 0 Å². The minimum absolute atomic E-state index is 0.203. The van der Waals surface area contributed by atoms with E-state index in [9.17, 15) is 5.11 Å². The number of hydrogen-bond donors (Lipinski definition) is 2. The molecule has 2 rings (SSSR count). The van der Waals surface area contributed by atoms with Crippen molar-refractivity contribution in [3.05, 3.63) is 58.1 Å². The van der Waals surface area contributed by atoms with E-state index < -0.39 is 6.10 Å². The fourth-order valence-corrected chi connectivity index (χ4v) is 2.19. The van der Waals surface area contributed by atoms with Crippen LogP contribution >= 0.6 is 23.2 Å². The van der Waals surface area contributed by atoms with Crippen molar-refractivity contribution in [3.8, 4) is 5.75 Å². The number of hydrogen-bond acceptors (Lipinski definition) is 3. The Morgan fingerprint density at radius 2 is 1.95 bits per heavy atom. The van der Waals surface area contributed by atoms with Crippen LogP contribution in [-0.2, 0) is 0 Å². The Morgan fingerprint density at radius 1 is 1.19 bits per heavy atom. The maximum absolute atomic E-state index is 9.94. The largest absolute Gasteiger partial charge is 0.491 e. The lowest BCUT2D eigenvalue weighted by Gasteiger charge is -2.15. The Hall–Kier alpha value is -1.42. The van der Waals surface area contributed by atoms with Crippen LogP contribution in [-0.4, -0.2) is 24.4 Å². The lowest BCUT2D eigenvalue weighted by atomic mass is 10.2. The van der Waals surface area contributed by atoms with Crippen molar-refractivity contribution in [1.29, 1.82) is 0 Å². The Morgan fingerprint density at radius 3 is 2.71 bits per heavy atom. The average molecular weight is 326 g/mol. The molecule has 2 aromatic carbocycles. The van der Waals surface area contributed by atoms with Gasteiger partial charge in [-0.25, -0.2) is 0 Å². The van der Waals surface area contributed by atoms with Crippen molar-refractivity contribution < 1.29 is 9.84 Å². The third kappa shape index (κ3) is 4.81. The molecule has 0 saturated carbocycles. The van der Waals surface area contributed by atoms with Gasteiger partial charge in [0.1, 0.15) is 18.5 Å². The van der Waals surface area contributed by atoms with Gasteiger partial charge in [0.15, 0.2) is 0 Å². The Kier molecular flexibility index (Phi) is 5.74. The molecule has 0 aliphatic rings. The van der Waals surface area contributed by atoms with Gasteiger partial charge in [-0.15, -0.1) is 0 Å². The molecule has 1 unspecified atom stereocenters. The van der Waals surface area contributed by atoms with Crippen LogP contribution in [0.15, 0.2) is 42.5 Å². The molecule has 0 radical (unpaired) electrons. The summed E-state index contributed by atoms with van der Waals surface area (Å²) in [6.07, 6.45) is -0.652. The SMILES string of the molecule is Cc1cccc(OCC(O)CNc2cccc(Cl)c2Cl)c1. The van der Waals surface area contributed by atoms with Crippen LogP contribution < -0.4 is 10.1 Å². The number of rotatable bonds is 6. The van der Waals surface area contributed by atoms with Gasteiger partial charge in [-0.2, -0.15) is 0 Å². The fraction of sp³-hybridized carbons (Fsp3) is 0.250. The van der Waals surface area contributed by atoms with Crippen molar-refractivity contribution in [1.82, 2.24) is 0 Å². The normalized spacial score (nSPS) is 12.0. The second kappa shape index (κ2) is 7.55. The standard InChI is InChI=1S/C16H17Cl2NO2/c1-11-4-2-5-13(8-11)21-10-12(20)9-19-15-7-3-6-14(17)16(15)18/h2-8,12,19-20H,9-10H2,1H3. The van der Waals surface area contributed by atoms with Crippen molar-refractivity contribution >= 4 is 28.9 Å². The maximum Gasteiger partial charge on any atom is 0.119 e. The molecule has 0 aromatic heterocycles. The van der Waals surface area contributed by atoms with E-state index in [0.29, 0.717) is 22.3 Å². The summed E-state index contributed by atoms with van der Waals surface area (Å²) >= 11 is 12.0. The topological polar surface area (TPSA) is 41.5 Å². The van der Waals surface area contributed by atoms with E-state index in [1.54, 1.807) is 12.1 Å². The van der Waals surface area contributed by atoms with Crippen LogP contribution in [0.3, 0.4) is 0 Å². The van der Waals surface area contributed by atoms with Gasteiger partial charge in [-0.1, -0.05) is 41.4 Å². The predicted octanol–water partition coefficient (Wildman–Crippen LogP) is 4.15. The van der Waals surface area contributed by atoms with Gasteiger partial charge in [0.05, 0.1) is 15.7 Å². The zero-order valence-electron chi connectivity index (χ0n) is 11.6. The molecule has 0 aliphatic heterocycles. The number of halogens is 2. The smallest absolute Gasteiger partial charge is 0.119 e. The molecule has 2 N–H and O–H groups in total. The molecule has 1 atom stereocenters. The molecule has 112 valence electrons. The fourth-order valence-electron chi connectivity index (χ4n) is 1.82. The lowest BCUT2D eigenvalue weighted by Crippen LogP contribution is -2.26. The van der Waals surface area contributed by atoms with Gasteiger partial charge < -0.3 is 15.2 Å². The number of ether oxygens (including phenoxy) is 1. The van der Waals surface area contributed by atoms with Crippen molar-refractivity contribution in [2.75, 3.05) is 18.5 Å². The summed E-state index contributed by atoms with van der Waals surface area (Å²) in [4.78, 5) is 0. The first kappa shape index (κ1) is 16.0. The summed E-state index contributed by atoms with van der Waals surface area (Å²) in [6, 6.07) is 13.0. The third-order valence-corrected chi connectivity index (χ3v) is 3.73. The van der Waals surface area contributed by atoms with Crippen molar-refractivity contribution in [3.63, 3.8) is 0 Å². The molecular weight excluding hydrogens is 309 g/mol. The van der Waals surface area contributed by atoms with E-state index in [1.807, 2.05) is 37.3 Å². The van der Waals surface area contributed by atoms with E-state index in [1.165, 1.54) is 0 Å². The van der Waals surface area contributed by atoms with Gasteiger partial charge in [-0.3, -0.25) is 0 Å². The van der Waals surface area contributed by atoms with Crippen molar-refractivity contribution in [2.45, 2.75) is 13.0 Å². The Balaban J connectivity index is 1.82. The van der Waals surface area contributed by atoms with E-state index >= 15 is 0 Å². The number of nitrogens with one attached hydrogen (secondary N) is 1. The zero-order valence-corrected chi connectivity index (χ0v) is 13.2. The molecule has 21 heavy (non-hydrogen) atoms. The van der Waals surface area contributed by atoms with Gasteiger partial charge in [-0.05, 0) is 36.8 Å². The first-order valence-electron chi connectivity index (χ1n) is 6.61. The summed E-state index contributed by atoms with van der Waals surface area (Å²) in [5.41, 5.74) is 1.81. The molecule has 3 nitrogen and oxygen atoms in total. The average Bonchev–Trinajstić information content (AvgIpc) is 2.47. The number of benzene rings is 2. The summed E-state index contributed by atoms with van der Waals surface area (Å²) in [5, 5.41) is 13.9. The Bertz CT molecular complexity index is 605. The maximum atomic E-state index is 9.94. The van der Waals surface area contributed by atoms with Crippen LogP contribution in [0, 0.1) is 6.92 Å². The van der Waals surface area contributed by atoms with Crippen molar-refractivity contribution in [2.24, 2.45) is 0 Å². The van der Waals surface area contributed by atoms with E-state index in [-0.39, 0.29) is 6.61 Å². The quantitative estimate of drug-likeness (QED) is 0.838. The first-order valence-corrected chi connectivity index (χ1v) is 7.37. The van der Waals surface area contributed by atoms with E-state index in [2.05, 4.69) is 5.32 Å². The minimum Gasteiger partial charge on any atom is -0.491 e. The molecule has 5 heteroatoms. The second-order valence-electron chi connectivity index (χ2n) is 4.76. The number of anilines is 1. The highest BCUT2D eigenvalue weighted by Gasteiger charge is 2.08. The van der Waals surface area contributed by atoms with Gasteiger partial charge >= 0.3 is 0 Å². The van der Waals surface area contributed by atoms with Gasteiger partial charge in [0, 0.05) is 6.54 Å². The molecule has 0 spiro atoms. The first-order chi connectivity index (χ1) is 10.1. The Labute approximate surface area is 134 Å². The summed E-state index contributed by atoms with van der Waals surface area (Å²) in [5.74, 6) is 0.745. The molecule has 0 aliphatic carbocycles. The lowest BCUT2D eigenvalue weighted by molar-refractivity contribution is 0.117. The second-order valence-corrected chi connectivity index (χ2v) is 5.55. The highest BCUT2D eigenvalue weighted by molar-refractivity contribution is 6.43. The molecule has 0 fully saturated rings. The number of aryl methyl sites for hydroxylation is 1. The van der Waals surface area contributed by atoms with Crippen LogP contribution in [0.4, 0.5) is 5.69 Å². The molecule has 0 saturated heterocycles. The van der Waals surface area contributed by atoms with E-state index in [0.717, 1.165) is 11.3 Å². The highest BCUT2D eigenvalue weighted by Crippen LogP contribution is 2.29. The van der Waals surface area contributed by atoms with Gasteiger partial charge in [0.25, 0.3) is 0 Å². The molecule has 0 heterocycles. The number of aliphatic hydroxyl groups excluding tert-OH is 1. The van der Waals surface area contributed by atoms with Crippen LogP contribution in [0.5, 0.6) is 5.75 Å². The highest BCUT2D eigenvalue weighted by atomic mass is 35.5.